The lowest BCUT2D eigenvalue weighted by molar-refractivity contribution is -0.137. The number of hydrogen-bond acceptors (Lipinski definition) is 3. The first-order valence-electron chi connectivity index (χ1n) is 14.5. The van der Waals surface area contributed by atoms with Crippen molar-refractivity contribution in [1.82, 2.24) is 0 Å². The van der Waals surface area contributed by atoms with E-state index >= 15 is 0 Å². The van der Waals surface area contributed by atoms with E-state index in [9.17, 15) is 4.79 Å². The lowest BCUT2D eigenvalue weighted by atomic mass is 9.86. The van der Waals surface area contributed by atoms with Gasteiger partial charge in [0.1, 0.15) is 11.4 Å². The molecule has 2 aliphatic rings. The molecule has 0 aromatic rings. The molecule has 0 N–H and O–H groups in total. The predicted octanol–water partition coefficient (Wildman–Crippen LogP) is 9.13. The molecule has 0 heterocycles. The molecule has 0 bridgehead atoms. The fraction of sp³-hybridized carbons (Fsp3) is 0.719. The molecule has 3 nitrogen and oxygen atoms in total. The van der Waals surface area contributed by atoms with Crippen LogP contribution in [-0.4, -0.2) is 18.2 Å². The fourth-order valence-electron chi connectivity index (χ4n) is 5.05. The van der Waals surface area contributed by atoms with Crippen LogP contribution in [0.4, 0.5) is 0 Å². The molecular formula is C32H50O3. The van der Waals surface area contributed by atoms with E-state index in [1.165, 1.54) is 75.4 Å². The Bertz CT molecular complexity index is 796. The molecule has 0 saturated heterocycles. The molecule has 1 saturated carbocycles. The number of esters is 1. The number of carbonyl (C=O) groups is 1. The number of hydrogen-bond donors (Lipinski definition) is 0. The van der Waals surface area contributed by atoms with Gasteiger partial charge in [-0.2, -0.15) is 0 Å². The second kappa shape index (κ2) is 16.7. The molecule has 0 aromatic carbocycles. The molecule has 35 heavy (non-hydrogen) atoms. The van der Waals surface area contributed by atoms with Crippen LogP contribution in [0.1, 0.15) is 137 Å². The molecule has 0 unspecified atom stereocenters. The molecule has 2 aliphatic carbocycles. The van der Waals surface area contributed by atoms with Crippen LogP contribution < -0.4 is 0 Å². The summed E-state index contributed by atoms with van der Waals surface area (Å²) in [4.78, 5) is 12.3. The highest BCUT2D eigenvalue weighted by atomic mass is 16.5. The summed E-state index contributed by atoms with van der Waals surface area (Å²) in [6.07, 6.45) is 23.1. The van der Waals surface area contributed by atoms with Crippen molar-refractivity contribution >= 4 is 5.97 Å². The van der Waals surface area contributed by atoms with Crippen molar-refractivity contribution in [1.29, 1.82) is 0 Å². The molecule has 0 aromatic heterocycles. The second-order valence-electron chi connectivity index (χ2n) is 10.5. The van der Waals surface area contributed by atoms with Crippen molar-refractivity contribution in [3.05, 3.63) is 34.6 Å². The molecule has 0 spiro atoms. The van der Waals surface area contributed by atoms with Crippen LogP contribution in [0.2, 0.25) is 0 Å². The van der Waals surface area contributed by atoms with Crippen molar-refractivity contribution in [2.45, 2.75) is 142 Å². The van der Waals surface area contributed by atoms with Gasteiger partial charge < -0.3 is 9.47 Å². The molecular weight excluding hydrogens is 432 g/mol. The van der Waals surface area contributed by atoms with Gasteiger partial charge in [0.2, 0.25) is 0 Å². The topological polar surface area (TPSA) is 35.5 Å². The maximum atomic E-state index is 12.3. The summed E-state index contributed by atoms with van der Waals surface area (Å²) in [5.74, 6) is 7.74. The fourth-order valence-corrected chi connectivity index (χ4v) is 5.05. The molecule has 1 fully saturated rings. The first-order chi connectivity index (χ1) is 17.0. The maximum Gasteiger partial charge on any atom is 0.331 e. The van der Waals surface area contributed by atoms with Gasteiger partial charge in [-0.05, 0) is 83.3 Å². The van der Waals surface area contributed by atoms with Crippen molar-refractivity contribution in [2.75, 3.05) is 6.61 Å². The lowest BCUT2D eigenvalue weighted by Crippen LogP contribution is -2.31. The van der Waals surface area contributed by atoms with Crippen LogP contribution in [0, 0.1) is 11.8 Å². The summed E-state index contributed by atoms with van der Waals surface area (Å²) in [6.45, 7) is 9.01. The van der Waals surface area contributed by atoms with E-state index in [-0.39, 0.29) is 11.6 Å². The molecule has 0 atom stereocenters. The molecule has 3 heteroatoms. The third-order valence-electron chi connectivity index (χ3n) is 7.17. The molecule has 196 valence electrons. The summed E-state index contributed by atoms with van der Waals surface area (Å²) in [7, 11) is 0. The van der Waals surface area contributed by atoms with Crippen LogP contribution in [0.5, 0.6) is 0 Å². The monoisotopic (exact) mass is 482 g/mol. The average Bonchev–Trinajstić information content (AvgIpc) is 2.98. The Morgan fingerprint density at radius 2 is 1.69 bits per heavy atom. The Morgan fingerprint density at radius 1 is 0.971 bits per heavy atom. The molecule has 0 aliphatic heterocycles. The largest absolute Gasteiger partial charge is 0.487 e. The van der Waals surface area contributed by atoms with Gasteiger partial charge in [-0.15, -0.1) is 0 Å². The SMILES string of the molecule is CCCCCCC#CC1=C(CCCCCC)C(OC2(C)CCCCC2)=C/C(=C\C(=O)OCC)CC1. The normalized spacial score (nSPS) is 19.0. The van der Waals surface area contributed by atoms with Crippen LogP contribution in [0.15, 0.2) is 34.6 Å². The van der Waals surface area contributed by atoms with Gasteiger partial charge in [0.15, 0.2) is 0 Å². The highest BCUT2D eigenvalue weighted by Crippen LogP contribution is 2.38. The van der Waals surface area contributed by atoms with Crippen molar-refractivity contribution in [3.8, 4) is 11.8 Å². The van der Waals surface area contributed by atoms with Gasteiger partial charge in [-0.1, -0.05) is 70.6 Å². The minimum Gasteiger partial charge on any atom is -0.487 e. The van der Waals surface area contributed by atoms with E-state index in [2.05, 4.69) is 38.7 Å². The van der Waals surface area contributed by atoms with E-state index in [1.54, 1.807) is 6.08 Å². The van der Waals surface area contributed by atoms with E-state index < -0.39 is 0 Å². The van der Waals surface area contributed by atoms with Crippen LogP contribution in [-0.2, 0) is 14.3 Å². The van der Waals surface area contributed by atoms with Gasteiger partial charge in [0.05, 0.1) is 6.61 Å². The molecule has 0 radical (unpaired) electrons. The summed E-state index contributed by atoms with van der Waals surface area (Å²) in [6, 6.07) is 0. The Hall–Kier alpha value is -1.95. The van der Waals surface area contributed by atoms with Crippen LogP contribution in [0.3, 0.4) is 0 Å². The zero-order valence-corrected chi connectivity index (χ0v) is 23.1. The van der Waals surface area contributed by atoms with Gasteiger partial charge in [0, 0.05) is 23.6 Å². The first-order valence-corrected chi connectivity index (χ1v) is 14.5. The second-order valence-corrected chi connectivity index (χ2v) is 10.5. The predicted molar refractivity (Wildman–Crippen MR) is 147 cm³/mol. The molecule has 2 rings (SSSR count). The Morgan fingerprint density at radius 3 is 2.37 bits per heavy atom. The van der Waals surface area contributed by atoms with E-state index in [4.69, 9.17) is 9.47 Å². The summed E-state index contributed by atoms with van der Waals surface area (Å²) in [5, 5.41) is 0. The van der Waals surface area contributed by atoms with E-state index in [1.807, 2.05) is 6.92 Å². The quantitative estimate of drug-likeness (QED) is 0.114. The summed E-state index contributed by atoms with van der Waals surface area (Å²) >= 11 is 0. The van der Waals surface area contributed by atoms with Gasteiger partial charge in [-0.3, -0.25) is 0 Å². The maximum absolute atomic E-state index is 12.3. The third kappa shape index (κ3) is 11.1. The Labute approximate surface area is 215 Å². The third-order valence-corrected chi connectivity index (χ3v) is 7.17. The highest BCUT2D eigenvalue weighted by Gasteiger charge is 2.31. The minimum atomic E-state index is -0.267. The first kappa shape index (κ1) is 29.3. The van der Waals surface area contributed by atoms with Gasteiger partial charge in [-0.25, -0.2) is 4.79 Å². The van der Waals surface area contributed by atoms with Gasteiger partial charge in [0.25, 0.3) is 0 Å². The highest BCUT2D eigenvalue weighted by molar-refractivity contribution is 5.83. The number of rotatable bonds is 13. The Kier molecular flexibility index (Phi) is 13.9. The number of allylic oxidation sites excluding steroid dienone is 4. The summed E-state index contributed by atoms with van der Waals surface area (Å²) < 4.78 is 12.1. The smallest absolute Gasteiger partial charge is 0.331 e. The van der Waals surface area contributed by atoms with Crippen LogP contribution in [0.25, 0.3) is 0 Å². The van der Waals surface area contributed by atoms with Crippen LogP contribution >= 0.6 is 0 Å². The molecule has 0 amide bonds. The zero-order valence-electron chi connectivity index (χ0n) is 23.1. The average molecular weight is 483 g/mol. The van der Waals surface area contributed by atoms with E-state index in [0.717, 1.165) is 56.3 Å². The number of ether oxygens (including phenoxy) is 2. The zero-order chi connectivity index (χ0) is 25.4. The minimum absolute atomic E-state index is 0.142. The van der Waals surface area contributed by atoms with Crippen molar-refractivity contribution < 1.29 is 14.3 Å². The number of unbranched alkanes of at least 4 members (excludes halogenated alkanes) is 7. The number of carbonyl (C=O) groups excluding carboxylic acids is 1. The van der Waals surface area contributed by atoms with E-state index in [0.29, 0.717) is 6.61 Å². The summed E-state index contributed by atoms with van der Waals surface area (Å²) in [5.41, 5.74) is 3.34. The Balaban J connectivity index is 2.37. The van der Waals surface area contributed by atoms with Crippen molar-refractivity contribution in [2.24, 2.45) is 0 Å². The van der Waals surface area contributed by atoms with Crippen molar-refractivity contribution in [3.63, 3.8) is 0 Å². The van der Waals surface area contributed by atoms with Gasteiger partial charge >= 0.3 is 5.97 Å². The standard InChI is InChI=1S/C32H50O3/c1-5-8-10-12-13-15-19-28-22-21-27(26-31(33)34-7-3)25-30(29(28)20-16-11-9-6-2)35-32(4)23-17-14-18-24-32/h25-26H,5-14,16-18,20-24H2,1-4H3/b27-26-. The lowest BCUT2D eigenvalue weighted by Gasteiger charge is -2.36.